The van der Waals surface area contributed by atoms with Crippen LogP contribution in [0.2, 0.25) is 5.02 Å². The zero-order valence-electron chi connectivity index (χ0n) is 13.0. The summed E-state index contributed by atoms with van der Waals surface area (Å²) in [6.45, 7) is 0.423. The Hall–Kier alpha value is -2.73. The molecular formula is C18H13ClFN3O2. The van der Waals surface area contributed by atoms with Gasteiger partial charge in [0.1, 0.15) is 5.82 Å². The van der Waals surface area contributed by atoms with E-state index < -0.39 is 0 Å². The molecule has 0 saturated carbocycles. The summed E-state index contributed by atoms with van der Waals surface area (Å²) < 4.78 is 18.4. The Labute approximate surface area is 148 Å². The quantitative estimate of drug-likeness (QED) is 0.709. The molecule has 1 amide bonds. The third kappa shape index (κ3) is 3.13. The number of amides is 1. The van der Waals surface area contributed by atoms with Gasteiger partial charge in [-0.3, -0.25) is 4.79 Å². The lowest BCUT2D eigenvalue weighted by Crippen LogP contribution is -2.24. The summed E-state index contributed by atoms with van der Waals surface area (Å²) in [5.41, 5.74) is 1.45. The second-order valence-corrected chi connectivity index (χ2v) is 6.28. The van der Waals surface area contributed by atoms with Crippen LogP contribution in [0.25, 0.3) is 11.4 Å². The largest absolute Gasteiger partial charge is 0.339 e. The van der Waals surface area contributed by atoms with Gasteiger partial charge in [-0.2, -0.15) is 4.98 Å². The second-order valence-electron chi connectivity index (χ2n) is 5.84. The molecule has 0 unspecified atom stereocenters. The van der Waals surface area contributed by atoms with Gasteiger partial charge in [0.15, 0.2) is 0 Å². The fourth-order valence-corrected chi connectivity index (χ4v) is 2.99. The van der Waals surface area contributed by atoms with Crippen molar-refractivity contribution in [3.05, 3.63) is 65.3 Å². The minimum Gasteiger partial charge on any atom is -0.339 e. The third-order valence-corrected chi connectivity index (χ3v) is 4.41. The van der Waals surface area contributed by atoms with E-state index in [4.69, 9.17) is 16.1 Å². The van der Waals surface area contributed by atoms with Crippen LogP contribution >= 0.6 is 11.6 Å². The lowest BCUT2D eigenvalue weighted by molar-refractivity contribution is -0.117. The molecule has 1 atom stereocenters. The topological polar surface area (TPSA) is 59.2 Å². The van der Waals surface area contributed by atoms with Crippen LogP contribution in [0.4, 0.5) is 10.1 Å². The van der Waals surface area contributed by atoms with Crippen LogP contribution in [0.3, 0.4) is 0 Å². The van der Waals surface area contributed by atoms with E-state index in [0.717, 1.165) is 5.56 Å². The zero-order valence-corrected chi connectivity index (χ0v) is 13.8. The van der Waals surface area contributed by atoms with Crippen molar-refractivity contribution in [1.29, 1.82) is 0 Å². The average molecular weight is 358 g/mol. The van der Waals surface area contributed by atoms with E-state index in [2.05, 4.69) is 10.1 Å². The van der Waals surface area contributed by atoms with Gasteiger partial charge in [-0.1, -0.05) is 16.8 Å². The maximum Gasteiger partial charge on any atom is 0.232 e. The van der Waals surface area contributed by atoms with Crippen LogP contribution in [0.1, 0.15) is 18.2 Å². The van der Waals surface area contributed by atoms with E-state index in [1.54, 1.807) is 29.2 Å². The molecular weight excluding hydrogens is 345 g/mol. The summed E-state index contributed by atoms with van der Waals surface area (Å²) >= 11 is 5.88. The fraction of sp³-hybridized carbons (Fsp3) is 0.167. The van der Waals surface area contributed by atoms with Crippen LogP contribution in [-0.2, 0) is 4.79 Å². The van der Waals surface area contributed by atoms with E-state index in [9.17, 15) is 9.18 Å². The summed E-state index contributed by atoms with van der Waals surface area (Å²) in [6.07, 6.45) is 0.277. The van der Waals surface area contributed by atoms with Gasteiger partial charge in [0, 0.05) is 29.2 Å². The zero-order chi connectivity index (χ0) is 17.4. The van der Waals surface area contributed by atoms with Crippen molar-refractivity contribution < 1.29 is 13.7 Å². The van der Waals surface area contributed by atoms with Crippen LogP contribution < -0.4 is 4.90 Å². The van der Waals surface area contributed by atoms with Crippen molar-refractivity contribution in [2.24, 2.45) is 0 Å². The predicted molar refractivity (Wildman–Crippen MR) is 90.9 cm³/mol. The first-order valence-electron chi connectivity index (χ1n) is 7.75. The van der Waals surface area contributed by atoms with Crippen molar-refractivity contribution >= 4 is 23.2 Å². The maximum atomic E-state index is 13.1. The first-order valence-corrected chi connectivity index (χ1v) is 8.13. The summed E-state index contributed by atoms with van der Waals surface area (Å²) in [6, 6.07) is 13.0. The number of carbonyl (C=O) groups is 1. The van der Waals surface area contributed by atoms with E-state index in [1.165, 1.54) is 12.1 Å². The molecule has 0 radical (unpaired) electrons. The smallest absolute Gasteiger partial charge is 0.232 e. The molecule has 25 heavy (non-hydrogen) atoms. The molecule has 126 valence electrons. The first-order chi connectivity index (χ1) is 12.1. The number of aromatic nitrogens is 2. The standard InChI is InChI=1S/C18H13ClFN3O2/c19-13-3-1-11(2-4-13)17-21-18(25-22-17)12-9-16(24)23(10-12)15-7-5-14(20)6-8-15/h1-8,12H,9-10H2/t12-/m1/s1. The van der Waals surface area contributed by atoms with Gasteiger partial charge in [-0.25, -0.2) is 4.39 Å². The van der Waals surface area contributed by atoms with Gasteiger partial charge in [0.25, 0.3) is 0 Å². The highest BCUT2D eigenvalue weighted by atomic mass is 35.5. The van der Waals surface area contributed by atoms with Crippen molar-refractivity contribution in [1.82, 2.24) is 10.1 Å². The van der Waals surface area contributed by atoms with Gasteiger partial charge in [0.2, 0.25) is 17.6 Å². The van der Waals surface area contributed by atoms with Crippen molar-refractivity contribution in [3.8, 4) is 11.4 Å². The van der Waals surface area contributed by atoms with Crippen LogP contribution in [0, 0.1) is 5.82 Å². The Kier molecular flexibility index (Phi) is 3.97. The normalized spacial score (nSPS) is 17.3. The molecule has 4 rings (SSSR count). The van der Waals surface area contributed by atoms with E-state index in [0.29, 0.717) is 29.0 Å². The number of carbonyl (C=O) groups excluding carboxylic acids is 1. The molecule has 1 aliphatic heterocycles. The number of hydrogen-bond donors (Lipinski definition) is 0. The Balaban J connectivity index is 1.54. The van der Waals surface area contributed by atoms with E-state index >= 15 is 0 Å². The molecule has 1 aliphatic rings. The van der Waals surface area contributed by atoms with Gasteiger partial charge in [-0.05, 0) is 48.5 Å². The molecule has 0 N–H and O–H groups in total. The maximum absolute atomic E-state index is 13.1. The summed E-state index contributed by atoms with van der Waals surface area (Å²) in [5.74, 6) is 0.299. The number of hydrogen-bond acceptors (Lipinski definition) is 4. The van der Waals surface area contributed by atoms with Gasteiger partial charge >= 0.3 is 0 Å². The fourth-order valence-electron chi connectivity index (χ4n) is 2.86. The molecule has 7 heteroatoms. The Morgan fingerprint density at radius 1 is 1.12 bits per heavy atom. The minimum absolute atomic E-state index is 0.0529. The van der Waals surface area contributed by atoms with Gasteiger partial charge < -0.3 is 9.42 Å². The monoisotopic (exact) mass is 357 g/mol. The Bertz CT molecular complexity index is 909. The molecule has 2 heterocycles. The lowest BCUT2D eigenvalue weighted by atomic mass is 10.1. The molecule has 0 bridgehead atoms. The minimum atomic E-state index is -0.337. The molecule has 0 spiro atoms. The van der Waals surface area contributed by atoms with Gasteiger partial charge in [-0.15, -0.1) is 0 Å². The van der Waals surface area contributed by atoms with Crippen LogP contribution in [0.15, 0.2) is 53.1 Å². The van der Waals surface area contributed by atoms with Crippen molar-refractivity contribution in [2.45, 2.75) is 12.3 Å². The summed E-state index contributed by atoms with van der Waals surface area (Å²) in [7, 11) is 0. The molecule has 1 aromatic heterocycles. The van der Waals surface area contributed by atoms with E-state index in [-0.39, 0.29) is 24.1 Å². The SMILES string of the molecule is O=C1C[C@@H](c2nc(-c3ccc(Cl)cc3)no2)CN1c1ccc(F)cc1. The average Bonchev–Trinajstić information content (AvgIpc) is 3.23. The second kappa shape index (κ2) is 6.29. The molecule has 5 nitrogen and oxygen atoms in total. The van der Waals surface area contributed by atoms with Crippen LogP contribution in [0.5, 0.6) is 0 Å². The summed E-state index contributed by atoms with van der Waals surface area (Å²) in [5, 5.41) is 4.62. The van der Waals surface area contributed by atoms with E-state index in [1.807, 2.05) is 12.1 Å². The van der Waals surface area contributed by atoms with Crippen LogP contribution in [-0.4, -0.2) is 22.6 Å². The Morgan fingerprint density at radius 3 is 2.56 bits per heavy atom. The van der Waals surface area contributed by atoms with Crippen molar-refractivity contribution in [2.75, 3.05) is 11.4 Å². The molecule has 1 saturated heterocycles. The molecule has 0 aliphatic carbocycles. The highest BCUT2D eigenvalue weighted by Crippen LogP contribution is 2.32. The predicted octanol–water partition coefficient (Wildman–Crippen LogP) is 4.05. The lowest BCUT2D eigenvalue weighted by Gasteiger charge is -2.15. The number of halogens is 2. The number of rotatable bonds is 3. The molecule has 1 fully saturated rings. The highest BCUT2D eigenvalue weighted by Gasteiger charge is 2.35. The first kappa shape index (κ1) is 15.8. The van der Waals surface area contributed by atoms with Crippen molar-refractivity contribution in [3.63, 3.8) is 0 Å². The van der Waals surface area contributed by atoms with Gasteiger partial charge in [0.05, 0.1) is 5.92 Å². The summed E-state index contributed by atoms with van der Waals surface area (Å²) in [4.78, 5) is 18.3. The molecule has 3 aromatic rings. The highest BCUT2D eigenvalue weighted by molar-refractivity contribution is 6.30. The number of nitrogens with zero attached hydrogens (tertiary/aromatic N) is 3. The number of anilines is 1. The third-order valence-electron chi connectivity index (χ3n) is 4.16. The molecule has 2 aromatic carbocycles. The Morgan fingerprint density at radius 2 is 1.84 bits per heavy atom. The number of benzene rings is 2.